The molecule has 1 aliphatic rings. The highest BCUT2D eigenvalue weighted by atomic mass is 16.5. The van der Waals surface area contributed by atoms with Crippen LogP contribution >= 0.6 is 0 Å². The van der Waals surface area contributed by atoms with Crippen LogP contribution in [0.15, 0.2) is 18.2 Å². The Kier molecular flexibility index (Phi) is 5.65. The lowest BCUT2D eigenvalue weighted by atomic mass is 9.84. The van der Waals surface area contributed by atoms with Crippen molar-refractivity contribution in [2.45, 2.75) is 58.1 Å². The van der Waals surface area contributed by atoms with Crippen molar-refractivity contribution < 1.29 is 9.47 Å². The molecule has 0 aliphatic carbocycles. The van der Waals surface area contributed by atoms with E-state index in [-0.39, 0.29) is 5.60 Å². The molecule has 1 fully saturated rings. The van der Waals surface area contributed by atoms with E-state index >= 15 is 0 Å². The summed E-state index contributed by atoms with van der Waals surface area (Å²) >= 11 is 0. The third-order valence-electron chi connectivity index (χ3n) is 4.55. The Balaban J connectivity index is 2.21. The Morgan fingerprint density at radius 3 is 2.81 bits per heavy atom. The number of benzene rings is 1. The molecule has 1 N–H and O–H groups in total. The van der Waals surface area contributed by atoms with Crippen LogP contribution in [0.3, 0.4) is 0 Å². The van der Waals surface area contributed by atoms with E-state index in [0.717, 1.165) is 31.7 Å². The van der Waals surface area contributed by atoms with E-state index in [4.69, 9.17) is 9.47 Å². The summed E-state index contributed by atoms with van der Waals surface area (Å²) in [6, 6.07) is 6.72. The molecule has 3 nitrogen and oxygen atoms in total. The van der Waals surface area contributed by atoms with Crippen LogP contribution in [0.4, 0.5) is 0 Å². The topological polar surface area (TPSA) is 30.5 Å². The Morgan fingerprint density at radius 2 is 2.19 bits per heavy atom. The first-order chi connectivity index (χ1) is 10.1. The Bertz CT molecular complexity index is 453. The first-order valence-corrected chi connectivity index (χ1v) is 8.10. The van der Waals surface area contributed by atoms with Crippen LogP contribution in [0.2, 0.25) is 0 Å². The van der Waals surface area contributed by atoms with E-state index in [2.05, 4.69) is 44.3 Å². The Morgan fingerprint density at radius 1 is 1.38 bits per heavy atom. The first-order valence-electron chi connectivity index (χ1n) is 8.10. The van der Waals surface area contributed by atoms with Gasteiger partial charge in [-0.05, 0) is 57.7 Å². The van der Waals surface area contributed by atoms with Gasteiger partial charge in [0.25, 0.3) is 0 Å². The number of nitrogens with one attached hydrogen (secondary N) is 1. The van der Waals surface area contributed by atoms with Crippen molar-refractivity contribution in [3.63, 3.8) is 0 Å². The maximum Gasteiger partial charge on any atom is 0.122 e. The molecule has 1 saturated heterocycles. The minimum absolute atomic E-state index is 0.0803. The van der Waals surface area contributed by atoms with Crippen LogP contribution in [-0.2, 0) is 11.2 Å². The molecule has 1 aromatic carbocycles. The summed E-state index contributed by atoms with van der Waals surface area (Å²) in [6.45, 7) is 8.37. The molecule has 2 unspecified atom stereocenters. The molecule has 0 amide bonds. The van der Waals surface area contributed by atoms with Crippen molar-refractivity contribution in [3.05, 3.63) is 29.3 Å². The maximum atomic E-state index is 6.15. The molecule has 21 heavy (non-hydrogen) atoms. The zero-order chi connectivity index (χ0) is 15.3. The Hall–Kier alpha value is -1.06. The minimum Gasteiger partial charge on any atom is -0.496 e. The lowest BCUT2D eigenvalue weighted by Crippen LogP contribution is -2.53. The van der Waals surface area contributed by atoms with Gasteiger partial charge < -0.3 is 14.8 Å². The van der Waals surface area contributed by atoms with Crippen molar-refractivity contribution >= 4 is 0 Å². The monoisotopic (exact) mass is 291 g/mol. The van der Waals surface area contributed by atoms with E-state index in [1.807, 2.05) is 0 Å². The summed E-state index contributed by atoms with van der Waals surface area (Å²) in [5, 5.41) is 3.63. The highest BCUT2D eigenvalue weighted by Crippen LogP contribution is 2.31. The number of aryl methyl sites for hydroxylation is 1. The molecule has 0 spiro atoms. The van der Waals surface area contributed by atoms with Crippen molar-refractivity contribution in [2.24, 2.45) is 0 Å². The molecule has 1 heterocycles. The van der Waals surface area contributed by atoms with Gasteiger partial charge in [0.2, 0.25) is 0 Å². The molecular weight excluding hydrogens is 262 g/mol. The second-order valence-corrected chi connectivity index (χ2v) is 6.25. The quantitative estimate of drug-likeness (QED) is 0.870. The van der Waals surface area contributed by atoms with E-state index in [1.54, 1.807) is 7.11 Å². The standard InChI is InChI=1S/C18H29NO2/c1-5-19-17(18(3)10-6-7-11-21-18)13-15-12-14(2)8-9-16(15)20-4/h8-9,12,17,19H,5-7,10-11,13H2,1-4H3. The summed E-state index contributed by atoms with van der Waals surface area (Å²) in [5.74, 6) is 0.975. The van der Waals surface area contributed by atoms with Crippen LogP contribution in [-0.4, -0.2) is 31.9 Å². The molecule has 2 rings (SSSR count). The third-order valence-corrected chi connectivity index (χ3v) is 4.55. The second kappa shape index (κ2) is 7.28. The van der Waals surface area contributed by atoms with Crippen LogP contribution in [0.5, 0.6) is 5.75 Å². The number of hydrogen-bond acceptors (Lipinski definition) is 3. The van der Waals surface area contributed by atoms with E-state index in [1.165, 1.54) is 24.0 Å². The van der Waals surface area contributed by atoms with E-state index in [0.29, 0.717) is 6.04 Å². The van der Waals surface area contributed by atoms with Gasteiger partial charge in [0.05, 0.1) is 12.7 Å². The normalized spacial score (nSPS) is 23.8. The molecule has 118 valence electrons. The van der Waals surface area contributed by atoms with Gasteiger partial charge in [0.15, 0.2) is 0 Å². The number of ether oxygens (including phenoxy) is 2. The summed E-state index contributed by atoms with van der Waals surface area (Å²) in [6.07, 6.45) is 4.50. The molecule has 1 aromatic rings. The number of hydrogen-bond donors (Lipinski definition) is 1. The van der Waals surface area contributed by atoms with Crippen molar-refractivity contribution in [3.8, 4) is 5.75 Å². The van der Waals surface area contributed by atoms with Crippen LogP contribution in [0.1, 0.15) is 44.2 Å². The zero-order valence-electron chi connectivity index (χ0n) is 13.9. The van der Waals surface area contributed by atoms with Gasteiger partial charge in [-0.25, -0.2) is 0 Å². The smallest absolute Gasteiger partial charge is 0.122 e. The number of rotatable bonds is 6. The molecule has 0 radical (unpaired) electrons. The van der Waals surface area contributed by atoms with E-state index < -0.39 is 0 Å². The van der Waals surface area contributed by atoms with Gasteiger partial charge >= 0.3 is 0 Å². The fourth-order valence-electron chi connectivity index (χ4n) is 3.27. The maximum absolute atomic E-state index is 6.15. The second-order valence-electron chi connectivity index (χ2n) is 6.25. The molecular formula is C18H29NO2. The predicted octanol–water partition coefficient (Wildman–Crippen LogP) is 3.48. The Labute approximate surface area is 129 Å². The third kappa shape index (κ3) is 3.98. The molecule has 2 atom stereocenters. The summed E-state index contributed by atoms with van der Waals surface area (Å²) in [7, 11) is 1.75. The summed E-state index contributed by atoms with van der Waals surface area (Å²) < 4.78 is 11.7. The average Bonchev–Trinajstić information content (AvgIpc) is 2.48. The lowest BCUT2D eigenvalue weighted by molar-refractivity contribution is -0.0881. The highest BCUT2D eigenvalue weighted by Gasteiger charge is 2.36. The van der Waals surface area contributed by atoms with Gasteiger partial charge in [-0.1, -0.05) is 24.6 Å². The van der Waals surface area contributed by atoms with Gasteiger partial charge in [0, 0.05) is 12.6 Å². The first kappa shape index (κ1) is 16.3. The van der Waals surface area contributed by atoms with Crippen molar-refractivity contribution in [1.29, 1.82) is 0 Å². The SMILES string of the molecule is CCNC(Cc1cc(C)ccc1OC)C1(C)CCCCO1. The van der Waals surface area contributed by atoms with Gasteiger partial charge in [-0.15, -0.1) is 0 Å². The summed E-state index contributed by atoms with van der Waals surface area (Å²) in [5.41, 5.74) is 2.46. The van der Waals surface area contributed by atoms with Gasteiger partial charge in [-0.2, -0.15) is 0 Å². The van der Waals surface area contributed by atoms with Crippen LogP contribution in [0.25, 0.3) is 0 Å². The largest absolute Gasteiger partial charge is 0.496 e. The van der Waals surface area contributed by atoms with Crippen molar-refractivity contribution in [2.75, 3.05) is 20.3 Å². The molecule has 1 aliphatic heterocycles. The average molecular weight is 291 g/mol. The molecule has 0 aromatic heterocycles. The molecule has 3 heteroatoms. The van der Waals surface area contributed by atoms with Gasteiger partial charge in [0.1, 0.15) is 5.75 Å². The molecule has 0 bridgehead atoms. The number of likely N-dealkylation sites (N-methyl/N-ethyl adjacent to an activating group) is 1. The minimum atomic E-state index is -0.0803. The predicted molar refractivity (Wildman–Crippen MR) is 87.1 cm³/mol. The summed E-state index contributed by atoms with van der Waals surface area (Å²) in [4.78, 5) is 0. The van der Waals surface area contributed by atoms with Crippen LogP contribution < -0.4 is 10.1 Å². The lowest BCUT2D eigenvalue weighted by Gasteiger charge is -2.41. The molecule has 0 saturated carbocycles. The zero-order valence-corrected chi connectivity index (χ0v) is 13.9. The fourth-order valence-corrected chi connectivity index (χ4v) is 3.27. The van der Waals surface area contributed by atoms with Crippen molar-refractivity contribution in [1.82, 2.24) is 5.32 Å². The van der Waals surface area contributed by atoms with Crippen LogP contribution in [0, 0.1) is 6.92 Å². The van der Waals surface area contributed by atoms with Gasteiger partial charge in [-0.3, -0.25) is 0 Å². The highest BCUT2D eigenvalue weighted by molar-refractivity contribution is 5.37. The fraction of sp³-hybridized carbons (Fsp3) is 0.667. The number of methoxy groups -OCH3 is 1. The van der Waals surface area contributed by atoms with E-state index in [9.17, 15) is 0 Å².